The second kappa shape index (κ2) is 10.1. The molecule has 7 nitrogen and oxygen atoms in total. The van der Waals surface area contributed by atoms with Crippen molar-refractivity contribution in [2.75, 3.05) is 19.3 Å². The molecule has 1 saturated heterocycles. The fourth-order valence-corrected chi connectivity index (χ4v) is 3.61. The number of benzene rings is 1. The van der Waals surface area contributed by atoms with Gasteiger partial charge in [-0.2, -0.15) is 0 Å². The molecule has 1 aromatic carbocycles. The summed E-state index contributed by atoms with van der Waals surface area (Å²) in [5.41, 5.74) is 4.84. The molecule has 2 amide bonds. The number of nitrogens with one attached hydrogen (secondary N) is 2. The molecule has 0 aliphatic carbocycles. The van der Waals surface area contributed by atoms with Crippen molar-refractivity contribution in [3.8, 4) is 0 Å². The van der Waals surface area contributed by atoms with Gasteiger partial charge in [0.1, 0.15) is 11.9 Å². The van der Waals surface area contributed by atoms with Crippen molar-refractivity contribution in [3.63, 3.8) is 0 Å². The number of nitrogens with zero attached hydrogens (tertiary/aromatic N) is 2. The Hall–Kier alpha value is -3.28. The zero-order valence-electron chi connectivity index (χ0n) is 17.6. The lowest BCUT2D eigenvalue weighted by molar-refractivity contribution is -0.131. The maximum Gasteiger partial charge on any atom is 0.243 e. The summed E-state index contributed by atoms with van der Waals surface area (Å²) in [5, 5.41) is 4.86. The Morgan fingerprint density at radius 1 is 1.12 bits per heavy atom. The lowest BCUT2D eigenvalue weighted by Crippen LogP contribution is -2.52. The van der Waals surface area contributed by atoms with E-state index in [0.29, 0.717) is 18.5 Å². The Morgan fingerprint density at radius 3 is 2.30 bits per heavy atom. The van der Waals surface area contributed by atoms with Crippen LogP contribution in [0.5, 0.6) is 0 Å². The van der Waals surface area contributed by atoms with Crippen LogP contribution in [0.4, 0.5) is 27.8 Å². The molecule has 0 saturated carbocycles. The van der Waals surface area contributed by atoms with Crippen LogP contribution in [0.3, 0.4) is 0 Å². The number of pyridine rings is 1. The van der Waals surface area contributed by atoms with Crippen molar-refractivity contribution in [2.24, 2.45) is 0 Å². The summed E-state index contributed by atoms with van der Waals surface area (Å²) in [6.45, 7) is 0.565. The fraction of sp³-hybridized carbons (Fsp3) is 0.381. The van der Waals surface area contributed by atoms with Gasteiger partial charge in [-0.05, 0) is 38.1 Å². The summed E-state index contributed by atoms with van der Waals surface area (Å²) >= 11 is 0. The van der Waals surface area contributed by atoms with Crippen molar-refractivity contribution in [2.45, 2.75) is 37.9 Å². The van der Waals surface area contributed by atoms with E-state index < -0.39 is 65.0 Å². The molecule has 1 aromatic heterocycles. The summed E-state index contributed by atoms with van der Waals surface area (Å²) in [6, 6.07) is 0.888. The van der Waals surface area contributed by atoms with E-state index in [1.807, 2.05) is 0 Å². The number of hydrogen-bond donors (Lipinski definition) is 3. The molecule has 2 aromatic rings. The zero-order chi connectivity index (χ0) is 24.3. The molecule has 33 heavy (non-hydrogen) atoms. The average molecular weight is 471 g/mol. The second-order valence-electron chi connectivity index (χ2n) is 7.76. The SMILES string of the molecule is CN1CCC[C@@H]1C(=O)N[C@@H](Cc1c(F)c(F)c(F)c(F)c1F)C(=O)NCc1ccc(N)nc1. The highest BCUT2D eigenvalue weighted by atomic mass is 19.2. The van der Waals surface area contributed by atoms with Crippen LogP contribution >= 0.6 is 0 Å². The summed E-state index contributed by atoms with van der Waals surface area (Å²) in [6.07, 6.45) is 1.67. The fourth-order valence-electron chi connectivity index (χ4n) is 3.61. The molecule has 1 fully saturated rings. The molecule has 0 bridgehead atoms. The third-order valence-electron chi connectivity index (χ3n) is 5.48. The summed E-state index contributed by atoms with van der Waals surface area (Å²) in [7, 11) is 1.70. The van der Waals surface area contributed by atoms with Crippen LogP contribution in [0.1, 0.15) is 24.0 Å². The van der Waals surface area contributed by atoms with E-state index in [2.05, 4.69) is 15.6 Å². The van der Waals surface area contributed by atoms with E-state index in [0.717, 1.165) is 6.42 Å². The van der Waals surface area contributed by atoms with Gasteiger partial charge >= 0.3 is 0 Å². The smallest absolute Gasteiger partial charge is 0.243 e. The largest absolute Gasteiger partial charge is 0.384 e. The molecular formula is C21H22F5N5O2. The van der Waals surface area contributed by atoms with Crippen molar-refractivity contribution >= 4 is 17.6 Å². The third-order valence-corrected chi connectivity index (χ3v) is 5.48. The Morgan fingerprint density at radius 2 is 1.76 bits per heavy atom. The first-order valence-corrected chi connectivity index (χ1v) is 10.1. The maximum atomic E-state index is 14.2. The first kappa shape index (κ1) is 24.4. The van der Waals surface area contributed by atoms with Gasteiger partial charge in [-0.25, -0.2) is 26.9 Å². The van der Waals surface area contributed by atoms with Crippen LogP contribution in [0.25, 0.3) is 0 Å². The minimum absolute atomic E-state index is 0.0705. The number of nitrogens with two attached hydrogens (primary N) is 1. The number of likely N-dealkylation sites (tertiary alicyclic amines) is 1. The monoisotopic (exact) mass is 471 g/mol. The predicted molar refractivity (Wildman–Crippen MR) is 108 cm³/mol. The van der Waals surface area contributed by atoms with E-state index in [9.17, 15) is 31.5 Å². The van der Waals surface area contributed by atoms with Crippen molar-refractivity contribution in [3.05, 3.63) is 58.5 Å². The highest BCUT2D eigenvalue weighted by Crippen LogP contribution is 2.24. The van der Waals surface area contributed by atoms with Crippen LogP contribution in [0.15, 0.2) is 18.3 Å². The Balaban J connectivity index is 1.84. The predicted octanol–water partition coefficient (Wildman–Crippen LogP) is 1.80. The molecule has 1 aliphatic rings. The number of nitrogen functional groups attached to an aromatic ring is 1. The Kier molecular flexibility index (Phi) is 7.46. The first-order valence-electron chi connectivity index (χ1n) is 10.1. The van der Waals surface area contributed by atoms with Gasteiger partial charge in [0.25, 0.3) is 0 Å². The van der Waals surface area contributed by atoms with E-state index >= 15 is 0 Å². The van der Waals surface area contributed by atoms with Crippen LogP contribution < -0.4 is 16.4 Å². The van der Waals surface area contributed by atoms with Crippen LogP contribution in [-0.4, -0.2) is 47.4 Å². The van der Waals surface area contributed by atoms with E-state index in [4.69, 9.17) is 5.73 Å². The molecule has 1 aliphatic heterocycles. The van der Waals surface area contributed by atoms with E-state index in [1.54, 1.807) is 18.0 Å². The number of aromatic nitrogens is 1. The zero-order valence-corrected chi connectivity index (χ0v) is 17.6. The molecule has 2 heterocycles. The van der Waals surface area contributed by atoms with Gasteiger partial charge in [0.15, 0.2) is 23.3 Å². The minimum Gasteiger partial charge on any atom is -0.384 e. The molecular weight excluding hydrogens is 449 g/mol. The normalized spacial score (nSPS) is 17.1. The van der Waals surface area contributed by atoms with Crippen molar-refractivity contribution < 1.29 is 31.5 Å². The number of rotatable bonds is 7. The van der Waals surface area contributed by atoms with Gasteiger partial charge in [0.2, 0.25) is 17.6 Å². The molecule has 2 atom stereocenters. The highest BCUT2D eigenvalue weighted by Gasteiger charge is 2.33. The minimum atomic E-state index is -2.30. The van der Waals surface area contributed by atoms with E-state index in [1.165, 1.54) is 12.3 Å². The number of carbonyl (C=O) groups excluding carboxylic acids is 2. The summed E-state index contributed by atoms with van der Waals surface area (Å²) in [4.78, 5) is 31.1. The van der Waals surface area contributed by atoms with Gasteiger partial charge in [-0.1, -0.05) is 6.07 Å². The highest BCUT2D eigenvalue weighted by molar-refractivity contribution is 5.90. The maximum absolute atomic E-state index is 14.2. The lowest BCUT2D eigenvalue weighted by atomic mass is 10.0. The molecule has 178 valence electrons. The standard InChI is InChI=1S/C21H22F5N5O2/c1-31-6-2-3-13(31)21(33)30-12(20(32)29-9-10-4-5-14(27)28-8-10)7-11-15(22)17(24)19(26)18(25)16(11)23/h4-5,8,12-13H,2-3,6-7,9H2,1H3,(H2,27,28)(H,29,32)(H,30,33)/t12-,13+/m0/s1. The van der Waals surface area contributed by atoms with Gasteiger partial charge < -0.3 is 16.4 Å². The molecule has 0 spiro atoms. The van der Waals surface area contributed by atoms with Crippen LogP contribution in [-0.2, 0) is 22.6 Å². The number of amides is 2. The molecule has 0 unspecified atom stereocenters. The van der Waals surface area contributed by atoms with Gasteiger partial charge in [-0.3, -0.25) is 14.5 Å². The number of halogens is 5. The average Bonchev–Trinajstić information content (AvgIpc) is 3.23. The van der Waals surface area contributed by atoms with Crippen LogP contribution in [0, 0.1) is 29.1 Å². The summed E-state index contributed by atoms with van der Waals surface area (Å²) in [5.74, 6) is -11.9. The van der Waals surface area contributed by atoms with E-state index in [-0.39, 0.29) is 12.4 Å². The van der Waals surface area contributed by atoms with Crippen LogP contribution in [0.2, 0.25) is 0 Å². The van der Waals surface area contributed by atoms with Crippen molar-refractivity contribution in [1.29, 1.82) is 0 Å². The molecule has 3 rings (SSSR count). The first-order chi connectivity index (χ1) is 15.6. The third kappa shape index (κ3) is 5.38. The molecule has 4 N–H and O–H groups in total. The Bertz CT molecular complexity index is 1020. The lowest BCUT2D eigenvalue weighted by Gasteiger charge is -2.24. The Labute approximate surface area is 186 Å². The number of anilines is 1. The number of hydrogen-bond acceptors (Lipinski definition) is 5. The quantitative estimate of drug-likeness (QED) is 0.325. The number of carbonyl (C=O) groups is 2. The van der Waals surface area contributed by atoms with Gasteiger partial charge in [0.05, 0.1) is 6.04 Å². The van der Waals surface area contributed by atoms with Gasteiger partial charge in [-0.15, -0.1) is 0 Å². The van der Waals surface area contributed by atoms with Gasteiger partial charge in [0, 0.05) is 24.7 Å². The number of likely N-dealkylation sites (N-methyl/N-ethyl adjacent to an activating group) is 1. The van der Waals surface area contributed by atoms with Crippen molar-refractivity contribution in [1.82, 2.24) is 20.5 Å². The summed E-state index contributed by atoms with van der Waals surface area (Å²) < 4.78 is 69.1. The molecule has 0 radical (unpaired) electrons. The second-order valence-corrected chi connectivity index (χ2v) is 7.76. The topological polar surface area (TPSA) is 100 Å². The molecule has 12 heteroatoms.